The molecule has 0 aliphatic carbocycles. The molecule has 1 heterocycles. The molecule has 2 aromatic carbocycles. The van der Waals surface area contributed by atoms with Crippen molar-refractivity contribution in [2.75, 3.05) is 18.7 Å². The average Bonchev–Trinajstić information content (AvgIpc) is 3.13. The van der Waals surface area contributed by atoms with Gasteiger partial charge in [-0.1, -0.05) is 48.5 Å². The van der Waals surface area contributed by atoms with Crippen LogP contribution in [0.5, 0.6) is 0 Å². The number of benzene rings is 2. The van der Waals surface area contributed by atoms with Gasteiger partial charge in [0, 0.05) is 5.69 Å². The molecule has 1 aliphatic rings. The molecule has 0 bridgehead atoms. The van der Waals surface area contributed by atoms with Gasteiger partial charge in [0.25, 0.3) is 0 Å². The fourth-order valence-electron chi connectivity index (χ4n) is 2.86. The number of nitrogens with zero attached hydrogens (tertiary/aromatic N) is 1. The Labute approximate surface area is 152 Å². The highest BCUT2D eigenvalue weighted by Crippen LogP contribution is 2.21. The molecule has 0 saturated carbocycles. The summed E-state index contributed by atoms with van der Waals surface area (Å²) in [6.07, 6.45) is -0.562. The number of para-hydroxylation sites is 1. The van der Waals surface area contributed by atoms with Gasteiger partial charge in [-0.05, 0) is 30.5 Å². The number of nitrogens with one attached hydrogen (secondary N) is 1. The first-order chi connectivity index (χ1) is 12.6. The van der Waals surface area contributed by atoms with Crippen LogP contribution < -0.4 is 5.32 Å². The molecule has 2 amide bonds. The van der Waals surface area contributed by atoms with Crippen LogP contribution in [0.25, 0.3) is 0 Å². The molecule has 1 saturated heterocycles. The van der Waals surface area contributed by atoms with E-state index in [1.165, 1.54) is 4.90 Å². The monoisotopic (exact) mass is 354 g/mol. The maximum atomic E-state index is 12.7. The van der Waals surface area contributed by atoms with E-state index < -0.39 is 12.1 Å². The fraction of sp³-hybridized carbons (Fsp3) is 0.300. The maximum Gasteiger partial charge on any atom is 0.412 e. The Morgan fingerprint density at radius 1 is 1.12 bits per heavy atom. The molecule has 0 radical (unpaired) electrons. The lowest BCUT2D eigenvalue weighted by Gasteiger charge is -2.22. The molecule has 1 N–H and O–H groups in total. The summed E-state index contributed by atoms with van der Waals surface area (Å²) >= 11 is 0. The molecule has 0 aromatic heterocycles. The number of hydrogen-bond acceptors (Lipinski definition) is 4. The van der Waals surface area contributed by atoms with E-state index in [1.807, 2.05) is 62.4 Å². The predicted octanol–water partition coefficient (Wildman–Crippen LogP) is 3.24. The van der Waals surface area contributed by atoms with Gasteiger partial charge >= 0.3 is 6.09 Å². The van der Waals surface area contributed by atoms with Crippen LogP contribution in [0.15, 0.2) is 48.5 Å². The minimum atomic E-state index is -0.711. The standard InChI is InChI=1S/C20H22N2O4/c1-14-7-6-8-15(2)18(14)21-19(23)17-12-25-13-22(17)20(24)26-11-16-9-4-3-5-10-16/h3-10,17H,11-13H2,1-2H3,(H,21,23)/t17-/m1/s1. The van der Waals surface area contributed by atoms with Gasteiger partial charge in [-0.3, -0.25) is 9.69 Å². The number of carbonyl (C=O) groups is 2. The number of carbonyl (C=O) groups excluding carboxylic acids is 2. The molecule has 1 fully saturated rings. The first-order valence-corrected chi connectivity index (χ1v) is 8.48. The van der Waals surface area contributed by atoms with E-state index in [4.69, 9.17) is 9.47 Å². The van der Waals surface area contributed by atoms with Gasteiger partial charge in [-0.2, -0.15) is 0 Å². The molecule has 6 heteroatoms. The zero-order chi connectivity index (χ0) is 18.5. The summed E-state index contributed by atoms with van der Waals surface area (Å²) in [5.41, 5.74) is 3.59. The number of ether oxygens (including phenoxy) is 2. The van der Waals surface area contributed by atoms with Crippen LogP contribution in [0.4, 0.5) is 10.5 Å². The van der Waals surface area contributed by atoms with E-state index in [2.05, 4.69) is 5.32 Å². The summed E-state index contributed by atoms with van der Waals surface area (Å²) < 4.78 is 10.6. The van der Waals surface area contributed by atoms with E-state index in [9.17, 15) is 9.59 Å². The Morgan fingerprint density at radius 3 is 2.50 bits per heavy atom. The average molecular weight is 354 g/mol. The summed E-state index contributed by atoms with van der Waals surface area (Å²) in [7, 11) is 0. The van der Waals surface area contributed by atoms with Gasteiger partial charge in [0.05, 0.1) is 6.61 Å². The highest BCUT2D eigenvalue weighted by Gasteiger charge is 2.36. The minimum Gasteiger partial charge on any atom is -0.444 e. The molecule has 6 nitrogen and oxygen atoms in total. The summed E-state index contributed by atoms with van der Waals surface area (Å²) in [6.45, 7) is 4.20. The lowest BCUT2D eigenvalue weighted by molar-refractivity contribution is -0.119. The van der Waals surface area contributed by atoms with Crippen molar-refractivity contribution in [2.24, 2.45) is 0 Å². The Bertz CT molecular complexity index is 771. The quantitative estimate of drug-likeness (QED) is 0.915. The SMILES string of the molecule is Cc1cccc(C)c1NC(=O)[C@H]1COCN1C(=O)OCc1ccccc1. The summed E-state index contributed by atoms with van der Waals surface area (Å²) in [5.74, 6) is -0.281. The fourth-order valence-corrected chi connectivity index (χ4v) is 2.86. The van der Waals surface area contributed by atoms with Crippen LogP contribution in [0.1, 0.15) is 16.7 Å². The van der Waals surface area contributed by atoms with Crippen LogP contribution in [-0.4, -0.2) is 36.3 Å². The zero-order valence-corrected chi connectivity index (χ0v) is 14.9. The van der Waals surface area contributed by atoms with Gasteiger partial charge in [0.15, 0.2) is 0 Å². The Hall–Kier alpha value is -2.86. The van der Waals surface area contributed by atoms with Gasteiger partial charge in [0.1, 0.15) is 19.4 Å². The third-order valence-electron chi connectivity index (χ3n) is 4.35. The second-order valence-corrected chi connectivity index (χ2v) is 6.28. The molecule has 1 atom stereocenters. The van der Waals surface area contributed by atoms with Crippen LogP contribution in [-0.2, 0) is 20.9 Å². The maximum absolute atomic E-state index is 12.7. The Morgan fingerprint density at radius 2 is 1.81 bits per heavy atom. The predicted molar refractivity (Wildman–Crippen MR) is 97.6 cm³/mol. The minimum absolute atomic E-state index is 0.0401. The lowest BCUT2D eigenvalue weighted by atomic mass is 10.1. The smallest absolute Gasteiger partial charge is 0.412 e. The lowest BCUT2D eigenvalue weighted by Crippen LogP contribution is -2.44. The second kappa shape index (κ2) is 8.01. The first-order valence-electron chi connectivity index (χ1n) is 8.48. The van der Waals surface area contributed by atoms with E-state index in [0.29, 0.717) is 0 Å². The molecule has 26 heavy (non-hydrogen) atoms. The molecule has 2 aromatic rings. The third-order valence-corrected chi connectivity index (χ3v) is 4.35. The van der Waals surface area contributed by atoms with Gasteiger partial charge < -0.3 is 14.8 Å². The number of hydrogen-bond donors (Lipinski definition) is 1. The first kappa shape index (κ1) is 17.9. The highest BCUT2D eigenvalue weighted by atomic mass is 16.6. The third kappa shape index (κ3) is 4.03. The Kier molecular flexibility index (Phi) is 5.53. The summed E-state index contributed by atoms with van der Waals surface area (Å²) in [4.78, 5) is 26.3. The molecular formula is C20H22N2O4. The van der Waals surface area contributed by atoms with Crippen LogP contribution in [0.3, 0.4) is 0 Å². The van der Waals surface area contributed by atoms with Crippen molar-refractivity contribution in [3.63, 3.8) is 0 Å². The summed E-state index contributed by atoms with van der Waals surface area (Å²) in [6, 6.07) is 14.5. The number of anilines is 1. The van der Waals surface area contributed by atoms with E-state index >= 15 is 0 Å². The molecule has 1 aliphatic heterocycles. The van der Waals surface area contributed by atoms with E-state index in [0.717, 1.165) is 22.4 Å². The van der Waals surface area contributed by atoms with Crippen molar-refractivity contribution in [3.8, 4) is 0 Å². The van der Waals surface area contributed by atoms with Crippen LogP contribution in [0.2, 0.25) is 0 Å². The number of amides is 2. The highest BCUT2D eigenvalue weighted by molar-refractivity contribution is 5.98. The van der Waals surface area contributed by atoms with E-state index in [1.54, 1.807) is 0 Å². The number of rotatable bonds is 4. The molecule has 0 unspecified atom stereocenters. The van der Waals surface area contributed by atoms with Crippen molar-refractivity contribution < 1.29 is 19.1 Å². The van der Waals surface area contributed by atoms with Crippen molar-refractivity contribution in [1.82, 2.24) is 4.90 Å². The topological polar surface area (TPSA) is 67.9 Å². The summed E-state index contributed by atoms with van der Waals surface area (Å²) in [5, 5.41) is 2.91. The molecular weight excluding hydrogens is 332 g/mol. The van der Waals surface area contributed by atoms with Crippen molar-refractivity contribution >= 4 is 17.7 Å². The van der Waals surface area contributed by atoms with Gasteiger partial charge in [0.2, 0.25) is 5.91 Å². The molecule has 0 spiro atoms. The van der Waals surface area contributed by atoms with Crippen molar-refractivity contribution in [2.45, 2.75) is 26.5 Å². The normalized spacial score (nSPS) is 16.4. The Balaban J connectivity index is 1.63. The van der Waals surface area contributed by atoms with Crippen molar-refractivity contribution in [1.29, 1.82) is 0 Å². The molecule has 3 rings (SSSR count). The zero-order valence-electron chi connectivity index (χ0n) is 14.9. The van der Waals surface area contributed by atoms with Gasteiger partial charge in [-0.25, -0.2) is 4.79 Å². The van der Waals surface area contributed by atoms with Crippen LogP contribution >= 0.6 is 0 Å². The van der Waals surface area contributed by atoms with Crippen LogP contribution in [0, 0.1) is 13.8 Å². The largest absolute Gasteiger partial charge is 0.444 e. The van der Waals surface area contributed by atoms with E-state index in [-0.39, 0.29) is 25.9 Å². The second-order valence-electron chi connectivity index (χ2n) is 6.28. The number of aryl methyl sites for hydroxylation is 2. The molecule has 136 valence electrons. The van der Waals surface area contributed by atoms with Crippen molar-refractivity contribution in [3.05, 3.63) is 65.2 Å². The van der Waals surface area contributed by atoms with Gasteiger partial charge in [-0.15, -0.1) is 0 Å².